The second-order valence-corrected chi connectivity index (χ2v) is 6.29. The molecule has 2 aromatic carbocycles. The highest BCUT2D eigenvalue weighted by Crippen LogP contribution is 2.17. The summed E-state index contributed by atoms with van der Waals surface area (Å²) in [7, 11) is 0. The molecule has 1 aromatic heterocycles. The molecule has 0 aliphatic carbocycles. The molecule has 1 N–H and O–H groups in total. The molecule has 0 saturated heterocycles. The predicted molar refractivity (Wildman–Crippen MR) is 103 cm³/mol. The molecule has 1 heterocycles. The Morgan fingerprint density at radius 3 is 2.54 bits per heavy atom. The van der Waals surface area contributed by atoms with Gasteiger partial charge < -0.3 is 5.32 Å². The summed E-state index contributed by atoms with van der Waals surface area (Å²) in [5, 5.41) is 7.66. The molecule has 0 atom stereocenters. The Bertz CT molecular complexity index is 1010. The van der Waals surface area contributed by atoms with E-state index >= 15 is 0 Å². The van der Waals surface area contributed by atoms with Crippen molar-refractivity contribution in [2.75, 3.05) is 5.32 Å². The van der Waals surface area contributed by atoms with Crippen molar-refractivity contribution in [2.24, 2.45) is 0 Å². The first-order valence-corrected chi connectivity index (χ1v) is 8.63. The number of aryl methyl sites for hydroxylation is 2. The van der Waals surface area contributed by atoms with E-state index in [4.69, 9.17) is 11.6 Å². The summed E-state index contributed by atoms with van der Waals surface area (Å²) in [6.45, 7) is 3.76. The summed E-state index contributed by atoms with van der Waals surface area (Å²) in [4.78, 5) is 25.0. The van der Waals surface area contributed by atoms with Gasteiger partial charge in [-0.25, -0.2) is 4.68 Å². The van der Waals surface area contributed by atoms with Crippen molar-refractivity contribution in [1.82, 2.24) is 9.78 Å². The van der Waals surface area contributed by atoms with Gasteiger partial charge in [0.2, 0.25) is 5.43 Å². The van der Waals surface area contributed by atoms with Crippen molar-refractivity contribution in [3.8, 4) is 5.69 Å². The highest BCUT2D eigenvalue weighted by molar-refractivity contribution is 6.30. The average Bonchev–Trinajstić information content (AvgIpc) is 2.63. The zero-order valence-electron chi connectivity index (χ0n) is 14.5. The van der Waals surface area contributed by atoms with Crippen molar-refractivity contribution in [1.29, 1.82) is 0 Å². The number of hydrogen-bond donors (Lipinski definition) is 1. The van der Waals surface area contributed by atoms with Crippen LogP contribution in [0.15, 0.2) is 59.4 Å². The van der Waals surface area contributed by atoms with E-state index in [0.29, 0.717) is 16.4 Å². The van der Waals surface area contributed by atoms with Crippen LogP contribution >= 0.6 is 11.6 Å². The number of nitrogens with zero attached hydrogens (tertiary/aromatic N) is 2. The van der Waals surface area contributed by atoms with Gasteiger partial charge in [-0.3, -0.25) is 9.59 Å². The van der Waals surface area contributed by atoms with Gasteiger partial charge in [0, 0.05) is 22.5 Å². The third-order valence-electron chi connectivity index (χ3n) is 4.04. The number of anilines is 1. The first-order chi connectivity index (χ1) is 12.5. The molecular formula is C20H18ClN3O2. The number of benzene rings is 2. The van der Waals surface area contributed by atoms with Crippen molar-refractivity contribution >= 4 is 23.2 Å². The molecule has 3 rings (SSSR count). The van der Waals surface area contributed by atoms with E-state index in [-0.39, 0.29) is 5.69 Å². The summed E-state index contributed by atoms with van der Waals surface area (Å²) in [6.07, 6.45) is 0.771. The smallest absolute Gasteiger partial charge is 0.280 e. The highest BCUT2D eigenvalue weighted by Gasteiger charge is 2.16. The largest absolute Gasteiger partial charge is 0.320 e. The van der Waals surface area contributed by atoms with Gasteiger partial charge >= 0.3 is 0 Å². The molecule has 0 radical (unpaired) electrons. The number of nitrogens with one attached hydrogen (secondary N) is 1. The zero-order chi connectivity index (χ0) is 18.7. The maximum absolute atomic E-state index is 12.6. The van der Waals surface area contributed by atoms with Gasteiger partial charge in [0.15, 0.2) is 5.69 Å². The van der Waals surface area contributed by atoms with E-state index in [1.54, 1.807) is 35.9 Å². The summed E-state index contributed by atoms with van der Waals surface area (Å²) in [5.41, 5.74) is 2.44. The minimum absolute atomic E-state index is 0.156. The van der Waals surface area contributed by atoms with Crippen LogP contribution in [0.1, 0.15) is 28.7 Å². The van der Waals surface area contributed by atoms with E-state index < -0.39 is 11.3 Å². The maximum atomic E-state index is 12.6. The van der Waals surface area contributed by atoms with Crippen LogP contribution < -0.4 is 10.7 Å². The number of carbonyl (C=O) groups is 1. The molecule has 26 heavy (non-hydrogen) atoms. The monoisotopic (exact) mass is 367 g/mol. The Labute approximate surface area is 156 Å². The van der Waals surface area contributed by atoms with E-state index in [1.807, 2.05) is 31.2 Å². The fourth-order valence-electron chi connectivity index (χ4n) is 2.68. The number of rotatable bonds is 4. The lowest BCUT2D eigenvalue weighted by Crippen LogP contribution is -2.27. The molecule has 5 nitrogen and oxygen atoms in total. The minimum Gasteiger partial charge on any atom is -0.320 e. The number of hydrogen-bond acceptors (Lipinski definition) is 3. The number of para-hydroxylation sites is 1. The van der Waals surface area contributed by atoms with E-state index in [9.17, 15) is 9.59 Å². The van der Waals surface area contributed by atoms with Gasteiger partial charge in [0.05, 0.1) is 5.69 Å². The summed E-state index contributed by atoms with van der Waals surface area (Å²) >= 11 is 5.92. The van der Waals surface area contributed by atoms with Crippen LogP contribution in [-0.2, 0) is 6.42 Å². The van der Waals surface area contributed by atoms with Gasteiger partial charge in [-0.05, 0) is 49.2 Å². The van der Waals surface area contributed by atoms with Gasteiger partial charge in [-0.15, -0.1) is 0 Å². The fraction of sp³-hybridized carbons (Fsp3) is 0.150. The number of carbonyl (C=O) groups excluding carboxylic acids is 1. The lowest BCUT2D eigenvalue weighted by Gasteiger charge is -2.12. The Balaban J connectivity index is 1.99. The quantitative estimate of drug-likeness (QED) is 0.757. The SMILES string of the molecule is CCc1ccccc1NC(=O)c1nn(-c2ccc(Cl)cc2)c(C)cc1=O. The fourth-order valence-corrected chi connectivity index (χ4v) is 2.81. The first kappa shape index (κ1) is 17.9. The Morgan fingerprint density at radius 2 is 1.85 bits per heavy atom. The molecule has 6 heteroatoms. The second kappa shape index (κ2) is 7.54. The normalized spacial score (nSPS) is 10.6. The number of amides is 1. The second-order valence-electron chi connectivity index (χ2n) is 5.85. The maximum Gasteiger partial charge on any atom is 0.280 e. The van der Waals surface area contributed by atoms with E-state index in [0.717, 1.165) is 17.7 Å². The van der Waals surface area contributed by atoms with Crippen LogP contribution in [0.3, 0.4) is 0 Å². The summed E-state index contributed by atoms with van der Waals surface area (Å²) in [6, 6.07) is 15.9. The topological polar surface area (TPSA) is 64.0 Å². The number of halogens is 1. The van der Waals surface area contributed by atoms with Crippen molar-refractivity contribution in [3.05, 3.63) is 86.8 Å². The molecule has 132 valence electrons. The lowest BCUT2D eigenvalue weighted by atomic mass is 10.1. The van der Waals surface area contributed by atoms with Crippen LogP contribution in [0.4, 0.5) is 5.69 Å². The predicted octanol–water partition coefficient (Wildman–Crippen LogP) is 4.01. The average molecular weight is 368 g/mol. The van der Waals surface area contributed by atoms with E-state index in [2.05, 4.69) is 10.4 Å². The third kappa shape index (κ3) is 3.68. The van der Waals surface area contributed by atoms with Crippen LogP contribution in [0.25, 0.3) is 5.69 Å². The molecule has 0 unspecified atom stereocenters. The molecule has 3 aromatic rings. The molecular weight excluding hydrogens is 350 g/mol. The molecule has 0 saturated carbocycles. The van der Waals surface area contributed by atoms with Crippen molar-refractivity contribution in [3.63, 3.8) is 0 Å². The van der Waals surface area contributed by atoms with Crippen LogP contribution in [0, 0.1) is 6.92 Å². The highest BCUT2D eigenvalue weighted by atomic mass is 35.5. The lowest BCUT2D eigenvalue weighted by molar-refractivity contribution is 0.101. The number of aromatic nitrogens is 2. The van der Waals surface area contributed by atoms with Gasteiger partial charge in [-0.2, -0.15) is 5.10 Å². The molecule has 0 aliphatic rings. The van der Waals surface area contributed by atoms with Crippen molar-refractivity contribution < 1.29 is 4.79 Å². The molecule has 0 fully saturated rings. The van der Waals surface area contributed by atoms with Gasteiger partial charge in [-0.1, -0.05) is 36.7 Å². The van der Waals surface area contributed by atoms with Crippen LogP contribution in [0.5, 0.6) is 0 Å². The first-order valence-electron chi connectivity index (χ1n) is 8.25. The third-order valence-corrected chi connectivity index (χ3v) is 4.29. The van der Waals surface area contributed by atoms with E-state index in [1.165, 1.54) is 6.07 Å². The van der Waals surface area contributed by atoms with Crippen molar-refractivity contribution in [2.45, 2.75) is 20.3 Å². The van der Waals surface area contributed by atoms with Crippen LogP contribution in [-0.4, -0.2) is 15.7 Å². The standard InChI is InChI=1S/C20H18ClN3O2/c1-3-14-6-4-5-7-17(14)22-20(26)19-18(25)12-13(2)24(23-19)16-10-8-15(21)9-11-16/h4-12H,3H2,1-2H3,(H,22,26). The van der Waals surface area contributed by atoms with Gasteiger partial charge in [0.25, 0.3) is 5.91 Å². The minimum atomic E-state index is -0.529. The Hall–Kier alpha value is -2.92. The molecule has 1 amide bonds. The van der Waals surface area contributed by atoms with Crippen LogP contribution in [0.2, 0.25) is 5.02 Å². The summed E-state index contributed by atoms with van der Waals surface area (Å²) in [5.74, 6) is -0.529. The Morgan fingerprint density at radius 1 is 1.15 bits per heavy atom. The van der Waals surface area contributed by atoms with Gasteiger partial charge in [0.1, 0.15) is 0 Å². The zero-order valence-corrected chi connectivity index (χ0v) is 15.2. The molecule has 0 spiro atoms. The molecule has 0 aliphatic heterocycles. The molecule has 0 bridgehead atoms. The summed E-state index contributed by atoms with van der Waals surface area (Å²) < 4.78 is 1.55. The Kier molecular flexibility index (Phi) is 5.19.